The van der Waals surface area contributed by atoms with Gasteiger partial charge in [0, 0.05) is 49.0 Å². The molecule has 2 aromatic rings. The predicted molar refractivity (Wildman–Crippen MR) is 119 cm³/mol. The molecule has 1 N–H and O–H groups in total. The van der Waals surface area contributed by atoms with Crippen LogP contribution in [0.4, 0.5) is 0 Å². The number of sulfonamides is 1. The van der Waals surface area contributed by atoms with Crippen molar-refractivity contribution in [3.63, 3.8) is 0 Å². The Kier molecular flexibility index (Phi) is 8.20. The van der Waals surface area contributed by atoms with Crippen LogP contribution in [0.15, 0.2) is 65.8 Å². The highest BCUT2D eigenvalue weighted by molar-refractivity contribution is 7.89. The molecule has 31 heavy (non-hydrogen) atoms. The van der Waals surface area contributed by atoms with E-state index >= 15 is 0 Å². The van der Waals surface area contributed by atoms with Gasteiger partial charge in [0.25, 0.3) is 0 Å². The highest BCUT2D eigenvalue weighted by Gasteiger charge is 2.33. The fourth-order valence-electron chi connectivity index (χ4n) is 3.58. The quantitative estimate of drug-likeness (QED) is 0.454. The zero-order valence-electron chi connectivity index (χ0n) is 17.3. The van der Waals surface area contributed by atoms with Crippen molar-refractivity contribution in [3.8, 4) is 0 Å². The van der Waals surface area contributed by atoms with Crippen LogP contribution in [0.2, 0.25) is 5.02 Å². The van der Waals surface area contributed by atoms with Gasteiger partial charge in [-0.05, 0) is 48.7 Å². The molecule has 1 aliphatic rings. The number of hydrogen-bond donors (Lipinski definition) is 1. The van der Waals surface area contributed by atoms with E-state index in [0.717, 1.165) is 5.56 Å². The minimum atomic E-state index is -3.65. The van der Waals surface area contributed by atoms with Crippen molar-refractivity contribution in [1.29, 1.82) is 0 Å². The average Bonchev–Trinajstić information content (AvgIpc) is 3.12. The molecular weight excluding hydrogens is 438 g/mol. The van der Waals surface area contributed by atoms with Crippen molar-refractivity contribution >= 4 is 27.6 Å². The lowest BCUT2D eigenvalue weighted by Crippen LogP contribution is -2.37. The molecule has 166 valence electrons. The van der Waals surface area contributed by atoms with E-state index in [2.05, 4.69) is 19.3 Å². The molecule has 0 radical (unpaired) electrons. The van der Waals surface area contributed by atoms with Gasteiger partial charge in [-0.1, -0.05) is 29.8 Å². The van der Waals surface area contributed by atoms with E-state index in [1.165, 1.54) is 19.2 Å². The van der Waals surface area contributed by atoms with Crippen LogP contribution in [0, 0.1) is 0 Å². The number of methoxy groups -OCH3 is 1. The number of hydrogen-bond acceptors (Lipinski definition) is 6. The summed E-state index contributed by atoms with van der Waals surface area (Å²) in [6, 6.07) is 9.79. The summed E-state index contributed by atoms with van der Waals surface area (Å²) in [5, 5.41) is 0.486. The number of aromatic nitrogens is 1. The van der Waals surface area contributed by atoms with Gasteiger partial charge in [-0.2, -0.15) is 0 Å². The molecule has 0 bridgehead atoms. The second kappa shape index (κ2) is 10.9. The summed E-state index contributed by atoms with van der Waals surface area (Å²) in [6.07, 6.45) is 9.04. The third-order valence-electron chi connectivity index (χ3n) is 5.11. The van der Waals surface area contributed by atoms with Gasteiger partial charge in [-0.15, -0.1) is 0 Å². The van der Waals surface area contributed by atoms with Gasteiger partial charge in [0.05, 0.1) is 12.0 Å². The molecule has 3 rings (SSSR count). The third-order valence-corrected chi connectivity index (χ3v) is 6.89. The maximum atomic E-state index is 12.8. The first-order valence-electron chi connectivity index (χ1n) is 10.0. The first-order valence-corrected chi connectivity index (χ1v) is 11.9. The van der Waals surface area contributed by atoms with E-state index in [1.807, 2.05) is 30.5 Å². The molecule has 2 atom stereocenters. The van der Waals surface area contributed by atoms with E-state index < -0.39 is 10.0 Å². The number of pyridine rings is 1. The lowest BCUT2D eigenvalue weighted by molar-refractivity contribution is -0.140. The van der Waals surface area contributed by atoms with E-state index in [4.69, 9.17) is 11.6 Å². The lowest BCUT2D eigenvalue weighted by atomic mass is 10.1. The number of carbonyl (C=O) groups is 1. The van der Waals surface area contributed by atoms with Crippen molar-refractivity contribution in [2.45, 2.75) is 42.8 Å². The molecule has 7 nitrogen and oxygen atoms in total. The maximum Gasteiger partial charge on any atom is 0.305 e. The molecule has 1 aliphatic heterocycles. The second-order valence-corrected chi connectivity index (χ2v) is 9.56. The normalized spacial score (nSPS) is 19.7. The zero-order chi connectivity index (χ0) is 22.3. The van der Waals surface area contributed by atoms with Gasteiger partial charge < -0.3 is 4.74 Å². The minimum absolute atomic E-state index is 0.0378. The summed E-state index contributed by atoms with van der Waals surface area (Å²) in [6.45, 7) is 1.22. The van der Waals surface area contributed by atoms with Crippen LogP contribution in [0.3, 0.4) is 0 Å². The molecule has 1 saturated heterocycles. The van der Waals surface area contributed by atoms with Gasteiger partial charge >= 0.3 is 5.97 Å². The molecule has 0 aliphatic carbocycles. The Bertz CT molecular complexity index is 997. The van der Waals surface area contributed by atoms with Crippen molar-refractivity contribution in [2.24, 2.45) is 0 Å². The van der Waals surface area contributed by atoms with Crippen LogP contribution in [0.1, 0.15) is 24.8 Å². The summed E-state index contributed by atoms with van der Waals surface area (Å²) in [7, 11) is -2.28. The van der Waals surface area contributed by atoms with Crippen LogP contribution in [0.5, 0.6) is 0 Å². The van der Waals surface area contributed by atoms with E-state index in [0.29, 0.717) is 37.4 Å². The number of likely N-dealkylation sites (tertiary alicyclic amines) is 1. The molecule has 9 heteroatoms. The maximum absolute atomic E-state index is 12.8. The van der Waals surface area contributed by atoms with Crippen LogP contribution < -0.4 is 4.72 Å². The number of carbonyl (C=O) groups excluding carboxylic acids is 1. The van der Waals surface area contributed by atoms with Crippen LogP contribution in [-0.4, -0.2) is 50.0 Å². The number of halogens is 1. The number of allylic oxidation sites excluding steroid dienone is 1. The Morgan fingerprint density at radius 2 is 2.10 bits per heavy atom. The van der Waals surface area contributed by atoms with Crippen LogP contribution in [-0.2, 0) is 26.1 Å². The average molecular weight is 464 g/mol. The predicted octanol–water partition coefficient (Wildman–Crippen LogP) is 3.17. The molecule has 0 spiro atoms. The first-order chi connectivity index (χ1) is 14.9. The SMILES string of the molecule is COC(=O)CCC=C[C@@H]1C[C@@H](NS(=O)(=O)c2ccc(Cl)cc2)CN1Cc1cccnc1. The number of esters is 1. The van der Waals surface area contributed by atoms with Crippen LogP contribution in [0.25, 0.3) is 0 Å². The molecule has 0 amide bonds. The standard InChI is InChI=1S/C22H26ClN3O4S/c1-30-22(27)7-3-2-6-20-13-19(16-26(20)15-17-5-4-12-24-14-17)25-31(28,29)21-10-8-18(23)9-11-21/h2,4-6,8-12,14,19-20,25H,3,7,13,15-16H2,1H3/t19-,20-/m1/s1. The number of benzene rings is 1. The zero-order valence-corrected chi connectivity index (χ0v) is 18.8. The summed E-state index contributed by atoms with van der Waals surface area (Å²) >= 11 is 5.87. The van der Waals surface area contributed by atoms with Crippen molar-refractivity contribution in [3.05, 3.63) is 71.5 Å². The van der Waals surface area contributed by atoms with E-state index in [-0.39, 0.29) is 22.9 Å². The van der Waals surface area contributed by atoms with Gasteiger partial charge in [0.2, 0.25) is 10.0 Å². The summed E-state index contributed by atoms with van der Waals surface area (Å²) in [5.74, 6) is -0.253. The Morgan fingerprint density at radius 1 is 1.32 bits per heavy atom. The molecule has 1 aromatic heterocycles. The number of rotatable bonds is 9. The Labute approximate surface area is 188 Å². The monoisotopic (exact) mass is 463 g/mol. The van der Waals surface area contributed by atoms with E-state index in [9.17, 15) is 13.2 Å². The van der Waals surface area contributed by atoms with Gasteiger partial charge in [0.1, 0.15) is 0 Å². The molecule has 0 saturated carbocycles. The minimum Gasteiger partial charge on any atom is -0.469 e. The largest absolute Gasteiger partial charge is 0.469 e. The number of nitrogens with one attached hydrogen (secondary N) is 1. The van der Waals surface area contributed by atoms with Crippen molar-refractivity contribution in [2.75, 3.05) is 13.7 Å². The highest BCUT2D eigenvalue weighted by atomic mass is 35.5. The van der Waals surface area contributed by atoms with Gasteiger partial charge in [-0.3, -0.25) is 14.7 Å². The van der Waals surface area contributed by atoms with Gasteiger partial charge in [0.15, 0.2) is 0 Å². The summed E-state index contributed by atoms with van der Waals surface area (Å²) < 4.78 is 33.1. The Hall–Kier alpha value is -2.26. The number of nitrogens with zero attached hydrogens (tertiary/aromatic N) is 2. The van der Waals surface area contributed by atoms with Crippen molar-refractivity contribution < 1.29 is 17.9 Å². The molecule has 1 fully saturated rings. The highest BCUT2D eigenvalue weighted by Crippen LogP contribution is 2.24. The number of ether oxygens (including phenoxy) is 1. The first kappa shape index (κ1) is 23.4. The molecular formula is C22H26ClN3O4S. The fraction of sp³-hybridized carbons (Fsp3) is 0.364. The lowest BCUT2D eigenvalue weighted by Gasteiger charge is -2.21. The smallest absolute Gasteiger partial charge is 0.305 e. The fourth-order valence-corrected chi connectivity index (χ4v) is 4.95. The topological polar surface area (TPSA) is 88.6 Å². The third kappa shape index (κ3) is 6.87. The summed E-state index contributed by atoms with van der Waals surface area (Å²) in [5.41, 5.74) is 1.05. The molecule has 2 heterocycles. The Morgan fingerprint density at radius 3 is 2.77 bits per heavy atom. The van der Waals surface area contributed by atoms with Crippen LogP contribution >= 0.6 is 11.6 Å². The van der Waals surface area contributed by atoms with Crippen molar-refractivity contribution in [1.82, 2.24) is 14.6 Å². The van der Waals surface area contributed by atoms with E-state index in [1.54, 1.807) is 18.3 Å². The Balaban J connectivity index is 1.69. The van der Waals surface area contributed by atoms with Gasteiger partial charge in [-0.25, -0.2) is 13.1 Å². The molecule has 1 aromatic carbocycles. The second-order valence-electron chi connectivity index (χ2n) is 7.41. The molecule has 0 unspecified atom stereocenters. The summed E-state index contributed by atoms with van der Waals surface area (Å²) in [4.78, 5) is 17.9.